The third-order valence-corrected chi connectivity index (χ3v) is 24.9. The maximum atomic E-state index is 14.8. The lowest BCUT2D eigenvalue weighted by molar-refractivity contribution is -0.143. The maximum absolute atomic E-state index is 14.8. The number of carboxylic acid groups (broad SMARTS) is 1. The third kappa shape index (κ3) is 57.0. The number of carbonyl (C=O) groups excluding carboxylic acids is 17. The minimum atomic E-state index is -1.76. The zero-order valence-electron chi connectivity index (χ0n) is 87.7. The van der Waals surface area contributed by atoms with E-state index >= 15 is 0 Å². The second kappa shape index (κ2) is 80.3. The largest absolute Gasteiger partial charge is 0.480 e. The van der Waals surface area contributed by atoms with Crippen LogP contribution < -0.4 is 165 Å². The Morgan fingerprint density at radius 2 is 0.452 bits per heavy atom. The first-order valence-corrected chi connectivity index (χ1v) is 52.3. The molecule has 0 saturated carbocycles. The first-order valence-electron chi connectivity index (χ1n) is 52.3. The maximum Gasteiger partial charge on any atom is 0.326 e. The van der Waals surface area contributed by atoms with Crippen LogP contribution in [0.25, 0.3) is 0 Å². The van der Waals surface area contributed by atoms with E-state index in [0.717, 1.165) is 0 Å². The van der Waals surface area contributed by atoms with Crippen molar-refractivity contribution in [2.24, 2.45) is 103 Å². The zero-order chi connectivity index (χ0) is 110. The zero-order valence-corrected chi connectivity index (χ0v) is 87.7. The number of hydrogen-bond acceptors (Lipinski definition) is 31. The molecule has 0 bridgehead atoms. The summed E-state index contributed by atoms with van der Waals surface area (Å²) in [7, 11) is 0. The van der Waals surface area contributed by atoms with Gasteiger partial charge in [0, 0.05) is 6.54 Å². The van der Waals surface area contributed by atoms with E-state index in [9.17, 15) is 96.5 Å². The summed E-state index contributed by atoms with van der Waals surface area (Å²) in [5.74, 6) is -18.0. The number of aliphatic imine (C=N–C) groups is 1. The molecule has 0 radical (unpaired) electrons. The van der Waals surface area contributed by atoms with Crippen LogP contribution in [0, 0.1) is 23.7 Å². The summed E-state index contributed by atoms with van der Waals surface area (Å²) >= 11 is 0. The van der Waals surface area contributed by atoms with E-state index in [1.54, 1.807) is 48.5 Å². The van der Waals surface area contributed by atoms with Crippen molar-refractivity contribution in [2.75, 3.05) is 91.7 Å². The van der Waals surface area contributed by atoms with E-state index in [1.165, 1.54) is 0 Å². The third-order valence-electron chi connectivity index (χ3n) is 24.9. The highest BCUT2D eigenvalue weighted by Gasteiger charge is 2.41. The topological polar surface area (TPSA) is 903 Å². The smallest absolute Gasteiger partial charge is 0.326 e. The quantitative estimate of drug-likeness (QED) is 0.0153. The number of carboxylic acids is 1. The Morgan fingerprint density at radius 1 is 0.247 bits per heavy atom. The van der Waals surface area contributed by atoms with Crippen LogP contribution in [-0.4, -0.2) is 311 Å². The summed E-state index contributed by atoms with van der Waals surface area (Å²) in [5.41, 5.74) is 75.6. The lowest BCUT2D eigenvalue weighted by Gasteiger charge is -2.30. The van der Waals surface area contributed by atoms with Crippen molar-refractivity contribution in [2.45, 2.75) is 370 Å². The van der Waals surface area contributed by atoms with E-state index < -0.39 is 246 Å². The first-order chi connectivity index (χ1) is 69.5. The summed E-state index contributed by atoms with van der Waals surface area (Å²) in [6.45, 7) is 13.1. The molecule has 0 aliphatic carbocycles. The van der Waals surface area contributed by atoms with Gasteiger partial charge in [-0.2, -0.15) is 0 Å². The molecule has 0 fully saturated rings. The number of guanidine groups is 1. The van der Waals surface area contributed by atoms with Crippen LogP contribution in [0.15, 0.2) is 4.99 Å². The van der Waals surface area contributed by atoms with Gasteiger partial charge in [-0.25, -0.2) is 4.79 Å². The summed E-state index contributed by atoms with van der Waals surface area (Å²) in [6.07, 6.45) is 8.65. The Balaban J connectivity index is 7.15. The molecule has 45 N–H and O–H groups in total. The van der Waals surface area contributed by atoms with Gasteiger partial charge >= 0.3 is 5.97 Å². The standard InChI is InChI=1S/C95H185N31O20/c1-9-59(7)77(125-79(130)61(106)32-11-21-43-96)92(143)121-67(37-16-26-48-101)85(136)117-69(39-18-28-50-103)87(138)123-75(57(3)4)91(142)120-66(36-15-25-47-100)84(135)116-65(35-14-24-46-99)83(134)115-63(34-13-23-45-98)81(132)110-54-73(128)112-64(42-31-53-109-95(107)108)82(133)114-62(33-12-22-44-97)80(131)111-55-74(129)113-72(56-127)90(141)119-71(41-20-30-52-105)89(140)126-78(60(8)10-2)93(144)122-68(38-17-27-49-102)86(137)118-70(40-19-29-51-104)88(139)124-76(58(5)6)94(145)146/h57-72,75-78,127H,9-56,96-106H2,1-8H3,(H,110,132)(H,111,131)(H,112,128)(H,113,129)(H,114,133)(H,115,134)(H,116,135)(H,117,136)(H,118,137)(H,119,141)(H,120,142)(H,121,143)(H,122,144)(H,123,138)(H,124,139)(H,125,130)(H,126,140)(H,145,146)(H4,107,108,109)/t59-,60-,61-,62-,63-,64-,65-,66-,67-,68-,69-,70-,71-,72-,75-,76-,77-,78-/m0/s1. The Bertz CT molecular complexity index is 3910. The first kappa shape index (κ1) is 135. The average Bonchev–Trinajstić information content (AvgIpc) is 0.846. The average molecular weight is 2080 g/mol. The number of amides is 17. The molecule has 18 atom stereocenters. The highest BCUT2D eigenvalue weighted by Crippen LogP contribution is 2.19. The van der Waals surface area contributed by atoms with Gasteiger partial charge in [-0.15, -0.1) is 0 Å². The van der Waals surface area contributed by atoms with E-state index in [1.807, 2.05) is 6.92 Å². The Labute approximate surface area is 860 Å². The van der Waals surface area contributed by atoms with Gasteiger partial charge in [-0.1, -0.05) is 74.7 Å². The van der Waals surface area contributed by atoms with Crippen molar-refractivity contribution in [3.63, 3.8) is 0 Å². The van der Waals surface area contributed by atoms with E-state index in [0.29, 0.717) is 129 Å². The monoisotopic (exact) mass is 2080 g/mol. The molecular formula is C95H185N31O20. The number of nitrogens with two attached hydrogens (primary N) is 13. The molecule has 17 amide bonds. The number of aliphatic carboxylic acids is 1. The van der Waals surface area contributed by atoms with E-state index in [2.05, 4.69) is 95.4 Å². The minimum Gasteiger partial charge on any atom is -0.480 e. The summed E-state index contributed by atoms with van der Waals surface area (Å²) in [4.78, 5) is 259. The predicted octanol–water partition coefficient (Wildman–Crippen LogP) is -7.36. The fourth-order valence-electron chi connectivity index (χ4n) is 15.4. The minimum absolute atomic E-state index is 0.0162. The molecule has 0 aliphatic heterocycles. The van der Waals surface area contributed by atoms with Crippen molar-refractivity contribution in [1.29, 1.82) is 0 Å². The Morgan fingerprint density at radius 3 is 0.699 bits per heavy atom. The lowest BCUT2D eigenvalue weighted by Crippen LogP contribution is -2.61. The number of aliphatic hydroxyl groups excluding tert-OH is 1. The summed E-state index contributed by atoms with van der Waals surface area (Å²) < 4.78 is 0. The van der Waals surface area contributed by atoms with Crippen molar-refractivity contribution in [3.8, 4) is 0 Å². The van der Waals surface area contributed by atoms with Gasteiger partial charge in [-0.3, -0.25) is 86.5 Å². The van der Waals surface area contributed by atoms with Gasteiger partial charge in [0.1, 0.15) is 90.6 Å². The van der Waals surface area contributed by atoms with Gasteiger partial charge in [0.15, 0.2) is 5.96 Å². The molecule has 0 aromatic heterocycles. The molecule has 0 rings (SSSR count). The molecule has 0 aromatic carbocycles. The van der Waals surface area contributed by atoms with Gasteiger partial charge in [0.2, 0.25) is 100 Å². The molecule has 146 heavy (non-hydrogen) atoms. The normalized spacial score (nSPS) is 15.0. The Kier molecular flexibility index (Phi) is 74.4. The van der Waals surface area contributed by atoms with Crippen LogP contribution in [0.3, 0.4) is 0 Å². The summed E-state index contributed by atoms with van der Waals surface area (Å²) in [6, 6.07) is -21.3. The van der Waals surface area contributed by atoms with Crippen LogP contribution in [0.2, 0.25) is 0 Å². The van der Waals surface area contributed by atoms with Crippen LogP contribution in [-0.2, 0) is 86.3 Å². The molecule has 51 nitrogen and oxygen atoms in total. The van der Waals surface area contributed by atoms with Crippen LogP contribution in [0.4, 0.5) is 0 Å². The fraction of sp³-hybridized carbons (Fsp3) is 0.800. The van der Waals surface area contributed by atoms with Crippen LogP contribution >= 0.6 is 0 Å². The van der Waals surface area contributed by atoms with Crippen molar-refractivity contribution < 1.29 is 96.5 Å². The molecule has 0 unspecified atom stereocenters. The number of nitrogens with one attached hydrogen (secondary N) is 17. The molecule has 0 aliphatic rings. The number of nitrogens with zero attached hydrogens (tertiary/aromatic N) is 1. The molecule has 0 aromatic rings. The second-order valence-corrected chi connectivity index (χ2v) is 37.9. The number of hydrogen-bond donors (Lipinski definition) is 32. The number of aliphatic hydroxyl groups is 1. The Hall–Kier alpha value is -10.7. The molecule has 0 spiro atoms. The fourth-order valence-corrected chi connectivity index (χ4v) is 15.4. The molecule has 0 saturated heterocycles. The summed E-state index contributed by atoms with van der Waals surface area (Å²) in [5, 5.41) is 65.3. The SMILES string of the molecule is CC[C@H](C)[C@H](NC(=O)[C@H](CCCCN)NC(=O)[C@H](CO)NC(=O)CNC(=O)[C@H](CCCCN)NC(=O)[C@H](CCCN=C(N)N)NC(=O)CNC(=O)[C@H](CCCCN)NC(=O)[C@H](CCCCN)NC(=O)[C@H](CCCCN)NC(=O)[C@@H](NC(=O)[C@H](CCCCN)NC(=O)[C@H](CCCCN)NC(=O)[C@@H](NC(=O)[C@@H](N)CCCCN)[C@@H](C)CC)C(C)C)C(=O)N[C@@H](CCCCN)C(=O)N[C@@H](CCCCN)C(=O)N[C@H](C(=O)O)C(C)C. The lowest BCUT2D eigenvalue weighted by atomic mass is 9.96. The molecular weight excluding hydrogens is 1900 g/mol. The van der Waals surface area contributed by atoms with Crippen molar-refractivity contribution in [1.82, 2.24) is 90.4 Å². The molecule has 0 heterocycles. The molecule has 840 valence electrons. The van der Waals surface area contributed by atoms with Gasteiger partial charge < -0.3 is 175 Å². The predicted molar refractivity (Wildman–Crippen MR) is 555 cm³/mol. The van der Waals surface area contributed by atoms with Crippen LogP contribution in [0.1, 0.15) is 274 Å². The number of rotatable bonds is 86. The highest BCUT2D eigenvalue weighted by atomic mass is 16.4. The van der Waals surface area contributed by atoms with Gasteiger partial charge in [0.25, 0.3) is 0 Å². The van der Waals surface area contributed by atoms with Crippen molar-refractivity contribution in [3.05, 3.63) is 0 Å². The van der Waals surface area contributed by atoms with Crippen molar-refractivity contribution >= 4 is 112 Å². The number of carbonyl (C=O) groups is 18. The molecule has 51 heteroatoms. The number of unbranched alkanes of at least 4 members (excludes halogenated alkanes) is 10. The second-order valence-electron chi connectivity index (χ2n) is 37.9. The van der Waals surface area contributed by atoms with E-state index in [4.69, 9.17) is 74.5 Å². The van der Waals surface area contributed by atoms with Gasteiger partial charge in [-0.05, 0) is 288 Å². The van der Waals surface area contributed by atoms with Crippen LogP contribution in [0.5, 0.6) is 0 Å². The highest BCUT2D eigenvalue weighted by molar-refractivity contribution is 6.01. The van der Waals surface area contributed by atoms with E-state index in [-0.39, 0.29) is 168 Å². The van der Waals surface area contributed by atoms with Gasteiger partial charge in [0.05, 0.1) is 25.7 Å².